The van der Waals surface area contributed by atoms with Crippen LogP contribution in [0, 0.1) is 0 Å². The Morgan fingerprint density at radius 1 is 1.35 bits per heavy atom. The maximum absolute atomic E-state index is 12.8. The van der Waals surface area contributed by atoms with E-state index < -0.39 is 10.0 Å². The van der Waals surface area contributed by atoms with E-state index >= 15 is 0 Å². The lowest BCUT2D eigenvalue weighted by Crippen LogP contribution is -2.36. The molecule has 1 fully saturated rings. The Hall–Kier alpha value is -0.980. The van der Waals surface area contributed by atoms with E-state index in [0.29, 0.717) is 23.9 Å². The van der Waals surface area contributed by atoms with Crippen LogP contribution < -0.4 is 9.47 Å². The van der Waals surface area contributed by atoms with Gasteiger partial charge in [0.2, 0.25) is 10.0 Å². The zero-order valence-electron chi connectivity index (χ0n) is 11.5. The molecule has 1 aromatic carbocycles. The van der Waals surface area contributed by atoms with Gasteiger partial charge in [-0.15, -0.1) is 11.6 Å². The van der Waals surface area contributed by atoms with Crippen molar-refractivity contribution in [2.75, 3.05) is 26.6 Å². The first kappa shape index (κ1) is 15.4. The van der Waals surface area contributed by atoms with Crippen molar-refractivity contribution < 1.29 is 17.9 Å². The van der Waals surface area contributed by atoms with Crippen LogP contribution in [0.15, 0.2) is 23.1 Å². The van der Waals surface area contributed by atoms with Gasteiger partial charge in [-0.25, -0.2) is 8.42 Å². The molecule has 1 aromatic rings. The molecule has 112 valence electrons. The van der Waals surface area contributed by atoms with Crippen molar-refractivity contribution in [1.82, 2.24) is 4.31 Å². The Morgan fingerprint density at radius 2 is 2.10 bits per heavy atom. The van der Waals surface area contributed by atoms with Gasteiger partial charge in [0.05, 0.1) is 14.2 Å². The lowest BCUT2D eigenvalue weighted by atomic mass is 10.3. The molecule has 0 radical (unpaired) electrons. The number of hydrogen-bond donors (Lipinski definition) is 0. The minimum atomic E-state index is -3.63. The minimum absolute atomic E-state index is 0.122. The van der Waals surface area contributed by atoms with E-state index in [-0.39, 0.29) is 10.9 Å². The molecule has 1 saturated heterocycles. The summed E-state index contributed by atoms with van der Waals surface area (Å²) in [6.07, 6.45) is 1.61. The highest BCUT2D eigenvalue weighted by atomic mass is 35.5. The van der Waals surface area contributed by atoms with Crippen molar-refractivity contribution in [2.24, 2.45) is 0 Å². The second-order valence-electron chi connectivity index (χ2n) is 4.58. The molecule has 5 nitrogen and oxygen atoms in total. The number of rotatable bonds is 5. The van der Waals surface area contributed by atoms with Crippen molar-refractivity contribution >= 4 is 21.6 Å². The molecule has 2 rings (SSSR count). The van der Waals surface area contributed by atoms with Crippen molar-refractivity contribution in [3.8, 4) is 11.5 Å². The fraction of sp³-hybridized carbons (Fsp3) is 0.538. The highest BCUT2D eigenvalue weighted by Crippen LogP contribution is 2.34. The molecule has 20 heavy (non-hydrogen) atoms. The molecule has 0 aliphatic carbocycles. The summed E-state index contributed by atoms with van der Waals surface area (Å²) < 4.78 is 37.3. The second-order valence-corrected chi connectivity index (χ2v) is 6.75. The van der Waals surface area contributed by atoms with Gasteiger partial charge in [0.25, 0.3) is 0 Å². The van der Waals surface area contributed by atoms with E-state index in [1.165, 1.54) is 24.6 Å². The molecular weight excluding hydrogens is 302 g/mol. The molecule has 0 aromatic heterocycles. The van der Waals surface area contributed by atoms with Crippen LogP contribution in [0.4, 0.5) is 0 Å². The fourth-order valence-electron chi connectivity index (χ4n) is 2.39. The van der Waals surface area contributed by atoms with Gasteiger partial charge in [0, 0.05) is 24.5 Å². The molecule has 0 amide bonds. The van der Waals surface area contributed by atoms with Crippen molar-refractivity contribution in [2.45, 2.75) is 23.8 Å². The summed E-state index contributed by atoms with van der Waals surface area (Å²) in [5, 5.41) is 0. The number of alkyl halides is 1. The van der Waals surface area contributed by atoms with Crippen LogP contribution in [0.2, 0.25) is 0 Å². The van der Waals surface area contributed by atoms with Crippen LogP contribution >= 0.6 is 11.6 Å². The summed E-state index contributed by atoms with van der Waals surface area (Å²) in [6, 6.07) is 4.59. The summed E-state index contributed by atoms with van der Waals surface area (Å²) in [5.41, 5.74) is 0. The maximum atomic E-state index is 12.8. The number of sulfonamides is 1. The highest BCUT2D eigenvalue weighted by Gasteiger charge is 2.36. The molecule has 1 aliphatic rings. The smallest absolute Gasteiger partial charge is 0.247 e. The Kier molecular flexibility index (Phi) is 4.78. The molecule has 0 bridgehead atoms. The Balaban J connectivity index is 2.47. The SMILES string of the molecule is COc1ccc(OC)c(S(=O)(=O)N2CCC[C@H]2CCl)c1. The second kappa shape index (κ2) is 6.20. The normalized spacial score (nSPS) is 20.1. The van der Waals surface area contributed by atoms with Gasteiger partial charge < -0.3 is 9.47 Å². The van der Waals surface area contributed by atoms with E-state index in [1.807, 2.05) is 0 Å². The number of methoxy groups -OCH3 is 2. The quantitative estimate of drug-likeness (QED) is 0.780. The van der Waals surface area contributed by atoms with Crippen LogP contribution in [0.3, 0.4) is 0 Å². The third kappa shape index (κ3) is 2.73. The monoisotopic (exact) mass is 319 g/mol. The predicted octanol–water partition coefficient (Wildman–Crippen LogP) is 2.10. The Bertz CT molecular complexity index is 576. The molecule has 1 aliphatic heterocycles. The maximum Gasteiger partial charge on any atom is 0.247 e. The number of nitrogens with zero attached hydrogens (tertiary/aromatic N) is 1. The van der Waals surface area contributed by atoms with Gasteiger partial charge in [-0.3, -0.25) is 0 Å². The summed E-state index contributed by atoms with van der Waals surface area (Å²) in [7, 11) is -0.688. The van der Waals surface area contributed by atoms with E-state index in [2.05, 4.69) is 0 Å². The molecule has 0 saturated carbocycles. The summed E-state index contributed by atoms with van der Waals surface area (Å²) in [6.45, 7) is 0.486. The first-order chi connectivity index (χ1) is 9.54. The number of halogens is 1. The van der Waals surface area contributed by atoms with Crippen molar-refractivity contribution in [1.29, 1.82) is 0 Å². The Morgan fingerprint density at radius 3 is 2.70 bits per heavy atom. The number of benzene rings is 1. The molecule has 7 heteroatoms. The summed E-state index contributed by atoms with van der Waals surface area (Å²) in [4.78, 5) is 0.122. The molecule has 1 atom stereocenters. The van der Waals surface area contributed by atoms with E-state index in [1.54, 1.807) is 12.1 Å². The first-order valence-electron chi connectivity index (χ1n) is 6.34. The lowest BCUT2D eigenvalue weighted by molar-refractivity contribution is 0.381. The molecule has 1 heterocycles. The zero-order valence-corrected chi connectivity index (χ0v) is 13.1. The van der Waals surface area contributed by atoms with Gasteiger partial charge in [-0.2, -0.15) is 4.31 Å². The van der Waals surface area contributed by atoms with Crippen LogP contribution in [-0.4, -0.2) is 45.4 Å². The van der Waals surface area contributed by atoms with Gasteiger partial charge in [0.15, 0.2) is 0 Å². The summed E-state index contributed by atoms with van der Waals surface area (Å²) >= 11 is 5.87. The lowest BCUT2D eigenvalue weighted by Gasteiger charge is -2.23. The Labute approximate surface area is 124 Å². The van der Waals surface area contributed by atoms with Gasteiger partial charge in [-0.1, -0.05) is 0 Å². The predicted molar refractivity (Wildman–Crippen MR) is 77.2 cm³/mol. The number of hydrogen-bond acceptors (Lipinski definition) is 4. The third-order valence-electron chi connectivity index (χ3n) is 3.46. The zero-order chi connectivity index (χ0) is 14.8. The topological polar surface area (TPSA) is 55.8 Å². The largest absolute Gasteiger partial charge is 0.497 e. The van der Waals surface area contributed by atoms with E-state index in [0.717, 1.165) is 12.8 Å². The van der Waals surface area contributed by atoms with Gasteiger partial charge >= 0.3 is 0 Å². The van der Waals surface area contributed by atoms with Crippen molar-refractivity contribution in [3.63, 3.8) is 0 Å². The van der Waals surface area contributed by atoms with Crippen LogP contribution in [-0.2, 0) is 10.0 Å². The van der Waals surface area contributed by atoms with E-state index in [9.17, 15) is 8.42 Å². The molecular formula is C13H18ClNO4S. The molecule has 0 unspecified atom stereocenters. The molecule has 0 N–H and O–H groups in total. The van der Waals surface area contributed by atoms with Crippen molar-refractivity contribution in [3.05, 3.63) is 18.2 Å². The standard InChI is InChI=1S/C13H18ClNO4S/c1-18-11-5-6-12(19-2)13(8-11)20(16,17)15-7-3-4-10(15)9-14/h5-6,8,10H,3-4,7,9H2,1-2H3/t10-/m0/s1. The van der Waals surface area contributed by atoms with Crippen LogP contribution in [0.25, 0.3) is 0 Å². The number of ether oxygens (including phenoxy) is 2. The minimum Gasteiger partial charge on any atom is -0.497 e. The van der Waals surface area contributed by atoms with Gasteiger partial charge in [-0.05, 0) is 25.0 Å². The van der Waals surface area contributed by atoms with E-state index in [4.69, 9.17) is 21.1 Å². The highest BCUT2D eigenvalue weighted by molar-refractivity contribution is 7.89. The van der Waals surface area contributed by atoms with Crippen LogP contribution in [0.5, 0.6) is 11.5 Å². The molecule has 0 spiro atoms. The average molecular weight is 320 g/mol. The average Bonchev–Trinajstić information content (AvgIpc) is 2.95. The first-order valence-corrected chi connectivity index (χ1v) is 8.32. The van der Waals surface area contributed by atoms with Gasteiger partial charge in [0.1, 0.15) is 16.4 Å². The summed E-state index contributed by atoms with van der Waals surface area (Å²) in [5.74, 6) is 1.09. The fourth-order valence-corrected chi connectivity index (χ4v) is 4.66. The third-order valence-corrected chi connectivity index (χ3v) is 5.79. The van der Waals surface area contributed by atoms with Crippen LogP contribution in [0.1, 0.15) is 12.8 Å².